The third-order valence-electron chi connectivity index (χ3n) is 4.87. The molecule has 7 heteroatoms. The highest BCUT2D eigenvalue weighted by Gasteiger charge is 2.25. The van der Waals surface area contributed by atoms with E-state index in [0.29, 0.717) is 0 Å². The zero-order valence-electron chi connectivity index (χ0n) is 14.7. The van der Waals surface area contributed by atoms with Gasteiger partial charge in [0.2, 0.25) is 0 Å². The largest absolute Gasteiger partial charge is 0.394 e. The molecule has 7 nitrogen and oxygen atoms in total. The van der Waals surface area contributed by atoms with Gasteiger partial charge in [0.15, 0.2) is 0 Å². The number of fused-ring (bicyclic) bond motifs is 1. The molecule has 1 aromatic carbocycles. The number of nitrogens with one attached hydrogen (secondary N) is 2. The predicted molar refractivity (Wildman–Crippen MR) is 102 cm³/mol. The Kier molecular flexibility index (Phi) is 4.97. The van der Waals surface area contributed by atoms with Crippen molar-refractivity contribution >= 4 is 22.7 Å². The van der Waals surface area contributed by atoms with E-state index in [4.69, 9.17) is 0 Å². The fourth-order valence-electron chi connectivity index (χ4n) is 3.52. The molecule has 0 amide bonds. The number of hydrogen-bond acceptors (Lipinski definition) is 6. The van der Waals surface area contributed by atoms with Crippen LogP contribution in [0.25, 0.3) is 11.0 Å². The zero-order chi connectivity index (χ0) is 17.8. The third kappa shape index (κ3) is 3.62. The second kappa shape index (κ2) is 7.70. The average molecular weight is 352 g/mol. The number of aliphatic hydroxyl groups is 1. The van der Waals surface area contributed by atoms with Crippen LogP contribution < -0.4 is 10.2 Å². The molecule has 3 N–H and O–H groups in total. The molecule has 3 aromatic rings. The van der Waals surface area contributed by atoms with Gasteiger partial charge in [0.05, 0.1) is 23.7 Å². The number of aromatic amines is 1. The predicted octanol–water partition coefficient (Wildman–Crippen LogP) is 2.36. The van der Waals surface area contributed by atoms with Crippen molar-refractivity contribution in [3.05, 3.63) is 42.5 Å². The Morgan fingerprint density at radius 2 is 2.19 bits per heavy atom. The van der Waals surface area contributed by atoms with Crippen molar-refractivity contribution in [3.8, 4) is 0 Å². The number of aryl methyl sites for hydroxylation is 1. The zero-order valence-corrected chi connectivity index (χ0v) is 14.7. The summed E-state index contributed by atoms with van der Waals surface area (Å²) < 4.78 is 0. The van der Waals surface area contributed by atoms with Crippen molar-refractivity contribution in [1.82, 2.24) is 19.9 Å². The number of para-hydroxylation sites is 2. The van der Waals surface area contributed by atoms with Crippen LogP contribution in [0.5, 0.6) is 0 Å². The molecule has 1 atom stereocenters. The van der Waals surface area contributed by atoms with E-state index in [0.717, 1.165) is 67.3 Å². The van der Waals surface area contributed by atoms with E-state index in [-0.39, 0.29) is 12.6 Å². The Balaban J connectivity index is 1.31. The molecule has 26 heavy (non-hydrogen) atoms. The van der Waals surface area contributed by atoms with Crippen LogP contribution in [-0.2, 0) is 6.42 Å². The summed E-state index contributed by atoms with van der Waals surface area (Å²) in [6.07, 6.45) is 5.54. The van der Waals surface area contributed by atoms with Gasteiger partial charge in [0.1, 0.15) is 23.8 Å². The number of H-pyrrole nitrogens is 1. The highest BCUT2D eigenvalue weighted by atomic mass is 16.3. The molecular formula is C19H24N6O. The Bertz CT molecular complexity index is 831. The van der Waals surface area contributed by atoms with Crippen LogP contribution in [0.2, 0.25) is 0 Å². The van der Waals surface area contributed by atoms with Gasteiger partial charge in [0.25, 0.3) is 0 Å². The minimum atomic E-state index is 0.171. The number of benzene rings is 1. The molecule has 1 fully saturated rings. The van der Waals surface area contributed by atoms with E-state index in [9.17, 15) is 5.11 Å². The quantitative estimate of drug-likeness (QED) is 0.566. The fourth-order valence-corrected chi connectivity index (χ4v) is 3.52. The van der Waals surface area contributed by atoms with Crippen LogP contribution >= 0.6 is 0 Å². The average Bonchev–Trinajstić information content (AvgIpc) is 3.31. The first-order valence-electron chi connectivity index (χ1n) is 9.20. The Hall–Kier alpha value is -2.67. The molecule has 0 spiro atoms. The number of imidazole rings is 1. The first kappa shape index (κ1) is 16.8. The van der Waals surface area contributed by atoms with Gasteiger partial charge in [-0.15, -0.1) is 0 Å². The summed E-state index contributed by atoms with van der Waals surface area (Å²) in [4.78, 5) is 18.8. The molecular weight excluding hydrogens is 328 g/mol. The molecule has 1 saturated heterocycles. The van der Waals surface area contributed by atoms with E-state index in [2.05, 4.69) is 30.2 Å². The van der Waals surface area contributed by atoms with Crippen LogP contribution in [0.3, 0.4) is 0 Å². The molecule has 1 aliphatic rings. The molecule has 0 aliphatic carbocycles. The summed E-state index contributed by atoms with van der Waals surface area (Å²) in [5.74, 6) is 2.72. The summed E-state index contributed by atoms with van der Waals surface area (Å²) in [5.41, 5.74) is 2.10. The van der Waals surface area contributed by atoms with E-state index in [1.165, 1.54) is 0 Å². The first-order chi connectivity index (χ1) is 12.8. The second-order valence-electron chi connectivity index (χ2n) is 6.66. The lowest BCUT2D eigenvalue weighted by molar-refractivity contribution is 0.266. The van der Waals surface area contributed by atoms with Crippen LogP contribution in [0.1, 0.15) is 25.1 Å². The lowest BCUT2D eigenvalue weighted by Gasteiger charge is -2.24. The minimum absolute atomic E-state index is 0.171. The summed E-state index contributed by atoms with van der Waals surface area (Å²) in [7, 11) is 0. The molecule has 1 unspecified atom stereocenters. The second-order valence-corrected chi connectivity index (χ2v) is 6.66. The smallest absolute Gasteiger partial charge is 0.134 e. The molecule has 1 aliphatic heterocycles. The molecule has 2 aromatic heterocycles. The number of hydrogen-bond donors (Lipinski definition) is 3. The Morgan fingerprint density at radius 1 is 1.27 bits per heavy atom. The van der Waals surface area contributed by atoms with E-state index in [1.54, 1.807) is 6.33 Å². The summed E-state index contributed by atoms with van der Waals surface area (Å²) in [5, 5.41) is 12.9. The van der Waals surface area contributed by atoms with Gasteiger partial charge < -0.3 is 20.3 Å². The van der Waals surface area contributed by atoms with Gasteiger partial charge >= 0.3 is 0 Å². The monoisotopic (exact) mass is 352 g/mol. The van der Waals surface area contributed by atoms with E-state index < -0.39 is 0 Å². The van der Waals surface area contributed by atoms with Gasteiger partial charge in [0, 0.05) is 25.6 Å². The van der Waals surface area contributed by atoms with Gasteiger partial charge in [-0.25, -0.2) is 15.0 Å². The lowest BCUT2D eigenvalue weighted by atomic mass is 10.2. The van der Waals surface area contributed by atoms with Crippen LogP contribution in [-0.4, -0.2) is 50.8 Å². The van der Waals surface area contributed by atoms with Gasteiger partial charge in [-0.2, -0.15) is 0 Å². The molecule has 4 rings (SSSR count). The minimum Gasteiger partial charge on any atom is -0.394 e. The summed E-state index contributed by atoms with van der Waals surface area (Å²) in [6.45, 7) is 1.93. The fraction of sp³-hybridized carbons (Fsp3) is 0.421. The van der Waals surface area contributed by atoms with Crippen molar-refractivity contribution in [2.75, 3.05) is 29.9 Å². The summed E-state index contributed by atoms with van der Waals surface area (Å²) in [6, 6.07) is 10.2. The maximum absolute atomic E-state index is 9.49. The third-order valence-corrected chi connectivity index (χ3v) is 4.87. The first-order valence-corrected chi connectivity index (χ1v) is 9.20. The van der Waals surface area contributed by atoms with Gasteiger partial charge in [-0.05, 0) is 31.4 Å². The van der Waals surface area contributed by atoms with Crippen LogP contribution in [0.4, 0.5) is 11.6 Å². The Morgan fingerprint density at radius 3 is 3.08 bits per heavy atom. The molecule has 0 bridgehead atoms. The van der Waals surface area contributed by atoms with Gasteiger partial charge in [-0.1, -0.05) is 12.1 Å². The van der Waals surface area contributed by atoms with Crippen LogP contribution in [0, 0.1) is 0 Å². The highest BCUT2D eigenvalue weighted by molar-refractivity contribution is 5.74. The van der Waals surface area contributed by atoms with E-state index in [1.807, 2.05) is 30.3 Å². The van der Waals surface area contributed by atoms with Crippen LogP contribution in [0.15, 0.2) is 36.7 Å². The number of rotatable bonds is 7. The number of nitrogens with zero attached hydrogens (tertiary/aromatic N) is 4. The van der Waals surface area contributed by atoms with Crippen molar-refractivity contribution in [2.24, 2.45) is 0 Å². The number of anilines is 2. The summed E-state index contributed by atoms with van der Waals surface area (Å²) >= 11 is 0. The standard InChI is InChI=1S/C19H24N6O/c26-12-14-5-4-10-25(14)19-11-18(21-13-22-19)20-9-3-8-17-23-15-6-1-2-7-16(15)24-17/h1-2,6-7,11,13-14,26H,3-5,8-10,12H2,(H,23,24)(H,20,21,22). The van der Waals surface area contributed by atoms with Crippen molar-refractivity contribution in [2.45, 2.75) is 31.7 Å². The van der Waals surface area contributed by atoms with Crippen molar-refractivity contribution in [1.29, 1.82) is 0 Å². The molecule has 0 saturated carbocycles. The number of aromatic nitrogens is 4. The molecule has 3 heterocycles. The normalized spacial score (nSPS) is 17.1. The molecule has 0 radical (unpaired) electrons. The Labute approximate surface area is 152 Å². The maximum atomic E-state index is 9.49. The molecule has 136 valence electrons. The van der Waals surface area contributed by atoms with Gasteiger partial charge in [-0.3, -0.25) is 0 Å². The SMILES string of the molecule is OCC1CCCN1c1cc(NCCCc2nc3ccccc3[nH]2)ncn1. The number of aliphatic hydroxyl groups excluding tert-OH is 1. The maximum Gasteiger partial charge on any atom is 0.134 e. The van der Waals surface area contributed by atoms with Crippen molar-refractivity contribution < 1.29 is 5.11 Å². The lowest BCUT2D eigenvalue weighted by Crippen LogP contribution is -2.32. The van der Waals surface area contributed by atoms with Crippen molar-refractivity contribution in [3.63, 3.8) is 0 Å². The highest BCUT2D eigenvalue weighted by Crippen LogP contribution is 2.24. The van der Waals surface area contributed by atoms with E-state index >= 15 is 0 Å². The topological polar surface area (TPSA) is 90.0 Å².